The van der Waals surface area contributed by atoms with E-state index >= 15 is 0 Å². The van der Waals surface area contributed by atoms with E-state index in [2.05, 4.69) is 36.6 Å². The number of aromatic nitrogens is 3. The predicted octanol–water partition coefficient (Wildman–Crippen LogP) is 2.15. The fourth-order valence-corrected chi connectivity index (χ4v) is 3.43. The van der Waals surface area contributed by atoms with Crippen LogP contribution in [0.4, 0.5) is 5.13 Å². The second kappa shape index (κ2) is 8.28. The molecule has 0 unspecified atom stereocenters. The van der Waals surface area contributed by atoms with E-state index in [0.29, 0.717) is 45.4 Å². The van der Waals surface area contributed by atoms with Gasteiger partial charge in [-0.3, -0.25) is 9.59 Å². The van der Waals surface area contributed by atoms with E-state index in [1.54, 1.807) is 25.3 Å². The molecule has 0 aliphatic heterocycles. The molecule has 0 atom stereocenters. The number of fused-ring (bicyclic) bond motifs is 1. The zero-order valence-corrected chi connectivity index (χ0v) is 16.3. The molecule has 1 amide bonds. The minimum absolute atomic E-state index is 0.175. The molecule has 3 aromatic rings. The highest BCUT2D eigenvalue weighted by Crippen LogP contribution is 2.22. The molecule has 2 N–H and O–H groups in total. The Morgan fingerprint density at radius 1 is 1.35 bits per heavy atom. The minimum atomic E-state index is -0.213. The molecule has 26 heavy (non-hydrogen) atoms. The Hall–Kier alpha value is -2.46. The molecular formula is C16H16BrN5O3S. The van der Waals surface area contributed by atoms with Crippen LogP contribution in [0.15, 0.2) is 39.7 Å². The topological polar surface area (TPSA) is 97.6 Å². The molecule has 0 radical (unpaired) electrons. The summed E-state index contributed by atoms with van der Waals surface area (Å²) in [7, 11) is 1.56. The number of hydrogen-bond donors (Lipinski definition) is 2. The van der Waals surface area contributed by atoms with Crippen molar-refractivity contribution in [2.24, 2.45) is 0 Å². The second-order valence-corrected chi connectivity index (χ2v) is 7.08. The van der Waals surface area contributed by atoms with Gasteiger partial charge in [-0.25, -0.2) is 4.98 Å². The standard InChI is InChI=1S/C16H16BrN5O3S/c1-25-10-3-4-12(17)11(9-10)14(24)18-6-2-7-19-15-21-22-13(23)5-8-20-16(22)26-15/h3-5,8-9H,2,6-7H2,1H3,(H,18,24)(H,19,21). The molecule has 0 fully saturated rings. The van der Waals surface area contributed by atoms with Gasteiger partial charge in [0.1, 0.15) is 5.75 Å². The third kappa shape index (κ3) is 4.20. The van der Waals surface area contributed by atoms with Crippen molar-refractivity contribution in [1.29, 1.82) is 0 Å². The number of methoxy groups -OCH3 is 1. The van der Waals surface area contributed by atoms with Gasteiger partial charge in [-0.05, 0) is 40.5 Å². The molecule has 136 valence electrons. The Kier molecular flexibility index (Phi) is 5.84. The third-order valence-electron chi connectivity index (χ3n) is 3.50. The predicted molar refractivity (Wildman–Crippen MR) is 103 cm³/mol. The van der Waals surface area contributed by atoms with Crippen molar-refractivity contribution in [2.45, 2.75) is 6.42 Å². The van der Waals surface area contributed by atoms with Gasteiger partial charge >= 0.3 is 0 Å². The van der Waals surface area contributed by atoms with Crippen LogP contribution < -0.4 is 20.9 Å². The van der Waals surface area contributed by atoms with Crippen molar-refractivity contribution >= 4 is 43.3 Å². The van der Waals surface area contributed by atoms with Crippen molar-refractivity contribution in [3.05, 3.63) is 50.9 Å². The number of carbonyl (C=O) groups excluding carboxylic acids is 1. The Morgan fingerprint density at radius 2 is 2.19 bits per heavy atom. The van der Waals surface area contributed by atoms with Crippen LogP contribution in [0.1, 0.15) is 16.8 Å². The Labute approximate surface area is 161 Å². The summed E-state index contributed by atoms with van der Waals surface area (Å²) in [6.07, 6.45) is 2.16. The first-order valence-corrected chi connectivity index (χ1v) is 9.40. The summed E-state index contributed by atoms with van der Waals surface area (Å²) in [5.41, 5.74) is 0.310. The van der Waals surface area contributed by atoms with Gasteiger partial charge in [0, 0.05) is 29.8 Å². The third-order valence-corrected chi connectivity index (χ3v) is 5.08. The van der Waals surface area contributed by atoms with Crippen LogP contribution in [0.25, 0.3) is 4.96 Å². The Bertz CT molecular complexity index is 987. The molecular weight excluding hydrogens is 422 g/mol. The maximum atomic E-state index is 12.2. The normalized spacial score (nSPS) is 10.7. The zero-order chi connectivity index (χ0) is 18.5. The van der Waals surface area contributed by atoms with Gasteiger partial charge in [-0.15, -0.1) is 5.10 Å². The number of anilines is 1. The van der Waals surface area contributed by atoms with E-state index in [9.17, 15) is 9.59 Å². The van der Waals surface area contributed by atoms with E-state index in [4.69, 9.17) is 4.74 Å². The lowest BCUT2D eigenvalue weighted by atomic mass is 10.2. The lowest BCUT2D eigenvalue weighted by molar-refractivity contribution is 0.0952. The maximum Gasteiger partial charge on any atom is 0.275 e. The lowest BCUT2D eigenvalue weighted by Gasteiger charge is -2.08. The molecule has 0 saturated heterocycles. The molecule has 2 heterocycles. The second-order valence-electron chi connectivity index (χ2n) is 5.27. The average Bonchev–Trinajstić information content (AvgIpc) is 3.06. The number of ether oxygens (including phenoxy) is 1. The fourth-order valence-electron chi connectivity index (χ4n) is 2.20. The van der Waals surface area contributed by atoms with Crippen molar-refractivity contribution in [3.8, 4) is 5.75 Å². The number of carbonyl (C=O) groups is 1. The first-order chi connectivity index (χ1) is 12.6. The van der Waals surface area contributed by atoms with Crippen LogP contribution in [0.5, 0.6) is 5.75 Å². The van der Waals surface area contributed by atoms with E-state index in [0.717, 1.165) is 0 Å². The van der Waals surface area contributed by atoms with E-state index in [-0.39, 0.29) is 11.5 Å². The molecule has 1 aromatic carbocycles. The molecule has 0 aliphatic carbocycles. The van der Waals surface area contributed by atoms with Crippen LogP contribution in [0.2, 0.25) is 0 Å². The van der Waals surface area contributed by atoms with Crippen molar-refractivity contribution < 1.29 is 9.53 Å². The van der Waals surface area contributed by atoms with Crippen molar-refractivity contribution in [1.82, 2.24) is 19.9 Å². The Balaban J connectivity index is 1.48. The number of hydrogen-bond acceptors (Lipinski definition) is 7. The SMILES string of the molecule is COc1ccc(Br)c(C(=O)NCCCNc2nn3c(=O)ccnc3s2)c1. The molecule has 0 saturated carbocycles. The summed E-state index contributed by atoms with van der Waals surface area (Å²) in [6, 6.07) is 6.60. The summed E-state index contributed by atoms with van der Waals surface area (Å²) < 4.78 is 7.11. The van der Waals surface area contributed by atoms with E-state index in [1.807, 2.05) is 0 Å². The smallest absolute Gasteiger partial charge is 0.275 e. The van der Waals surface area contributed by atoms with Gasteiger partial charge < -0.3 is 15.4 Å². The van der Waals surface area contributed by atoms with Crippen molar-refractivity contribution in [3.63, 3.8) is 0 Å². The first-order valence-electron chi connectivity index (χ1n) is 7.79. The van der Waals surface area contributed by atoms with Crippen molar-refractivity contribution in [2.75, 3.05) is 25.5 Å². The van der Waals surface area contributed by atoms with Gasteiger partial charge in [0.15, 0.2) is 0 Å². The number of nitrogens with one attached hydrogen (secondary N) is 2. The fraction of sp³-hybridized carbons (Fsp3) is 0.250. The molecule has 0 bridgehead atoms. The number of benzene rings is 1. The lowest BCUT2D eigenvalue weighted by Crippen LogP contribution is -2.26. The summed E-state index contributed by atoms with van der Waals surface area (Å²) in [6.45, 7) is 1.10. The zero-order valence-electron chi connectivity index (χ0n) is 13.9. The molecule has 0 spiro atoms. The summed E-state index contributed by atoms with van der Waals surface area (Å²) >= 11 is 4.67. The van der Waals surface area contributed by atoms with Crippen LogP contribution in [0, 0.1) is 0 Å². The first kappa shape index (κ1) is 18.3. The van der Waals surface area contributed by atoms with Gasteiger partial charge in [-0.2, -0.15) is 4.52 Å². The summed E-state index contributed by atoms with van der Waals surface area (Å²) in [4.78, 5) is 28.5. The van der Waals surface area contributed by atoms with Gasteiger partial charge in [-0.1, -0.05) is 11.3 Å². The highest BCUT2D eigenvalue weighted by Gasteiger charge is 2.11. The van der Waals surface area contributed by atoms with Crippen LogP contribution in [-0.4, -0.2) is 40.7 Å². The molecule has 3 rings (SSSR count). The molecule has 8 nitrogen and oxygen atoms in total. The van der Waals surface area contributed by atoms with Gasteiger partial charge in [0.25, 0.3) is 11.5 Å². The molecule has 10 heteroatoms. The van der Waals surface area contributed by atoms with E-state index < -0.39 is 0 Å². The summed E-state index contributed by atoms with van der Waals surface area (Å²) in [5, 5.41) is 10.8. The number of halogens is 1. The summed E-state index contributed by atoms with van der Waals surface area (Å²) in [5.74, 6) is 0.450. The van der Waals surface area contributed by atoms with Crippen LogP contribution in [0.3, 0.4) is 0 Å². The minimum Gasteiger partial charge on any atom is -0.497 e. The molecule has 0 aliphatic rings. The highest BCUT2D eigenvalue weighted by molar-refractivity contribution is 9.10. The van der Waals surface area contributed by atoms with Gasteiger partial charge in [0.2, 0.25) is 10.1 Å². The quantitative estimate of drug-likeness (QED) is 0.549. The van der Waals surface area contributed by atoms with E-state index in [1.165, 1.54) is 28.1 Å². The monoisotopic (exact) mass is 437 g/mol. The highest BCUT2D eigenvalue weighted by atomic mass is 79.9. The number of amides is 1. The maximum absolute atomic E-state index is 12.2. The average molecular weight is 438 g/mol. The van der Waals surface area contributed by atoms with Gasteiger partial charge in [0.05, 0.1) is 12.7 Å². The molecule has 2 aromatic heterocycles. The number of rotatable bonds is 7. The number of nitrogens with zero attached hydrogens (tertiary/aromatic N) is 3. The largest absolute Gasteiger partial charge is 0.497 e. The Morgan fingerprint density at radius 3 is 2.96 bits per heavy atom. The van der Waals surface area contributed by atoms with Crippen LogP contribution >= 0.6 is 27.3 Å². The van der Waals surface area contributed by atoms with Crippen LogP contribution in [-0.2, 0) is 0 Å².